The van der Waals surface area contributed by atoms with Gasteiger partial charge in [0.15, 0.2) is 5.78 Å². The van der Waals surface area contributed by atoms with Crippen molar-refractivity contribution in [3.05, 3.63) is 59.1 Å². The molecule has 0 aliphatic heterocycles. The van der Waals surface area contributed by atoms with Crippen molar-refractivity contribution in [3.63, 3.8) is 0 Å². The number of rotatable bonds is 4. The van der Waals surface area contributed by atoms with E-state index in [0.717, 1.165) is 16.0 Å². The first-order chi connectivity index (χ1) is 10.5. The zero-order valence-electron chi connectivity index (χ0n) is 11.2. The highest BCUT2D eigenvalue weighted by Crippen LogP contribution is 2.26. The molecule has 0 fully saturated rings. The van der Waals surface area contributed by atoms with Gasteiger partial charge in [-0.3, -0.25) is 4.79 Å². The fraction of sp³-hybridized carbons (Fsp3) is 0.0667. The number of hydrogen-bond acceptors (Lipinski definition) is 5. The Morgan fingerprint density at radius 3 is 2.64 bits per heavy atom. The van der Waals surface area contributed by atoms with Crippen LogP contribution < -0.4 is 0 Å². The molecule has 0 bridgehead atoms. The van der Waals surface area contributed by atoms with E-state index in [9.17, 15) is 13.2 Å². The largest absolute Gasteiger partial charge is 0.293 e. The Morgan fingerprint density at radius 1 is 1.14 bits per heavy atom. The van der Waals surface area contributed by atoms with E-state index in [1.54, 1.807) is 36.4 Å². The molecule has 1 heterocycles. The monoisotopic (exact) mass is 351 g/mol. The highest BCUT2D eigenvalue weighted by Gasteiger charge is 2.24. The van der Waals surface area contributed by atoms with Gasteiger partial charge in [0.25, 0.3) is 0 Å². The summed E-state index contributed by atoms with van der Waals surface area (Å²) in [5.74, 6) is -1.12. The van der Waals surface area contributed by atoms with Crippen LogP contribution in [0.2, 0.25) is 5.02 Å². The second kappa shape index (κ2) is 5.79. The standard InChI is InChI=1S/C15H10ClNO3S2/c16-11-5-3-4-10(8-11)13(18)9-22(19,20)15-17-12-6-1-2-7-14(12)21-15/h1-8H,9H2. The molecule has 22 heavy (non-hydrogen) atoms. The van der Waals surface area contributed by atoms with Crippen molar-refractivity contribution in [1.82, 2.24) is 4.98 Å². The number of ketones is 1. The summed E-state index contributed by atoms with van der Waals surface area (Å²) in [5.41, 5.74) is 0.887. The summed E-state index contributed by atoms with van der Waals surface area (Å²) in [6, 6.07) is 13.4. The van der Waals surface area contributed by atoms with Gasteiger partial charge in [-0.1, -0.05) is 35.9 Å². The Morgan fingerprint density at radius 2 is 1.91 bits per heavy atom. The molecule has 1 aromatic heterocycles. The number of aromatic nitrogens is 1. The molecule has 0 unspecified atom stereocenters. The van der Waals surface area contributed by atoms with Crippen LogP contribution in [0.5, 0.6) is 0 Å². The summed E-state index contributed by atoms with van der Waals surface area (Å²) < 4.78 is 25.5. The quantitative estimate of drug-likeness (QED) is 0.673. The van der Waals surface area contributed by atoms with Crippen LogP contribution in [0, 0.1) is 0 Å². The molecule has 0 amide bonds. The predicted molar refractivity (Wildman–Crippen MR) is 87.5 cm³/mol. The van der Waals surface area contributed by atoms with Gasteiger partial charge in [-0.25, -0.2) is 13.4 Å². The molecule has 3 rings (SSSR count). The van der Waals surface area contributed by atoms with Crippen LogP contribution in [0.3, 0.4) is 0 Å². The zero-order chi connectivity index (χ0) is 15.7. The van der Waals surface area contributed by atoms with Crippen molar-refractivity contribution in [2.45, 2.75) is 4.34 Å². The predicted octanol–water partition coefficient (Wildman–Crippen LogP) is 3.61. The molecule has 0 saturated heterocycles. The van der Waals surface area contributed by atoms with Gasteiger partial charge in [-0.2, -0.15) is 0 Å². The molecule has 0 atom stereocenters. The van der Waals surface area contributed by atoms with Crippen LogP contribution in [0.25, 0.3) is 10.2 Å². The second-order valence-electron chi connectivity index (χ2n) is 4.64. The first-order valence-corrected chi connectivity index (χ1v) is 9.17. The van der Waals surface area contributed by atoms with Crippen LogP contribution >= 0.6 is 22.9 Å². The number of carbonyl (C=O) groups excluding carboxylic acids is 1. The van der Waals surface area contributed by atoms with E-state index in [4.69, 9.17) is 11.6 Å². The van der Waals surface area contributed by atoms with Gasteiger partial charge in [0.2, 0.25) is 14.2 Å². The minimum Gasteiger partial charge on any atom is -0.293 e. The van der Waals surface area contributed by atoms with Gasteiger partial charge >= 0.3 is 0 Å². The van der Waals surface area contributed by atoms with Crippen LogP contribution in [0.15, 0.2) is 52.9 Å². The number of thiazole rings is 1. The first-order valence-electron chi connectivity index (χ1n) is 6.33. The van der Waals surface area contributed by atoms with Crippen molar-refractivity contribution in [3.8, 4) is 0 Å². The molecule has 4 nitrogen and oxygen atoms in total. The number of nitrogens with zero attached hydrogens (tertiary/aromatic N) is 1. The number of Topliss-reactive ketones (excluding diaryl/α,β-unsaturated/α-hetero) is 1. The molecule has 0 aliphatic carbocycles. The van der Waals surface area contributed by atoms with Crippen molar-refractivity contribution in [2.24, 2.45) is 0 Å². The molecule has 0 aliphatic rings. The van der Waals surface area contributed by atoms with E-state index in [0.29, 0.717) is 10.5 Å². The van der Waals surface area contributed by atoms with Gasteiger partial charge in [-0.05, 0) is 24.3 Å². The topological polar surface area (TPSA) is 64.1 Å². The van der Waals surface area contributed by atoms with E-state index < -0.39 is 21.4 Å². The molecule has 112 valence electrons. The van der Waals surface area contributed by atoms with Gasteiger partial charge in [0.05, 0.1) is 10.2 Å². The average molecular weight is 352 g/mol. The summed E-state index contributed by atoms with van der Waals surface area (Å²) in [6.45, 7) is 0. The lowest BCUT2D eigenvalue weighted by Gasteiger charge is -2.01. The van der Waals surface area contributed by atoms with E-state index in [1.807, 2.05) is 6.07 Å². The molecule has 0 radical (unpaired) electrons. The fourth-order valence-electron chi connectivity index (χ4n) is 1.96. The summed E-state index contributed by atoms with van der Waals surface area (Å²) in [6.07, 6.45) is 0. The molecule has 0 saturated carbocycles. The van der Waals surface area contributed by atoms with Crippen LogP contribution in [-0.4, -0.2) is 24.9 Å². The number of fused-ring (bicyclic) bond motifs is 1. The summed E-state index contributed by atoms with van der Waals surface area (Å²) in [4.78, 5) is 16.2. The van der Waals surface area contributed by atoms with Crippen molar-refractivity contribution in [2.75, 3.05) is 5.75 Å². The first kappa shape index (κ1) is 15.1. The minimum absolute atomic E-state index is 0.0379. The van der Waals surface area contributed by atoms with Gasteiger partial charge in [0, 0.05) is 10.6 Å². The lowest BCUT2D eigenvalue weighted by Crippen LogP contribution is -2.16. The summed E-state index contributed by atoms with van der Waals surface area (Å²) in [5, 5.41) is 0.392. The van der Waals surface area contributed by atoms with Crippen LogP contribution in [0.4, 0.5) is 0 Å². The number of halogens is 1. The van der Waals surface area contributed by atoms with E-state index in [1.165, 1.54) is 6.07 Å². The lowest BCUT2D eigenvalue weighted by atomic mass is 10.1. The number of para-hydroxylation sites is 1. The SMILES string of the molecule is O=C(CS(=O)(=O)c1nc2ccccc2s1)c1cccc(Cl)c1. The molecule has 0 spiro atoms. The highest BCUT2D eigenvalue weighted by molar-refractivity contribution is 7.94. The van der Waals surface area contributed by atoms with E-state index >= 15 is 0 Å². The number of sulfone groups is 1. The Kier molecular flexibility index (Phi) is 3.99. The van der Waals surface area contributed by atoms with Crippen molar-refractivity contribution < 1.29 is 13.2 Å². The normalized spacial score (nSPS) is 11.7. The molecule has 2 aromatic carbocycles. The van der Waals surface area contributed by atoms with Crippen molar-refractivity contribution in [1.29, 1.82) is 0 Å². The van der Waals surface area contributed by atoms with Crippen molar-refractivity contribution >= 4 is 48.8 Å². The Hall–Kier alpha value is -1.76. The Bertz CT molecular complexity index is 931. The van der Waals surface area contributed by atoms with E-state index in [-0.39, 0.29) is 9.90 Å². The molecule has 0 N–H and O–H groups in total. The lowest BCUT2D eigenvalue weighted by molar-refractivity contribution is 0.102. The van der Waals surface area contributed by atoms with Gasteiger partial charge in [-0.15, -0.1) is 11.3 Å². The number of carbonyl (C=O) groups is 1. The van der Waals surface area contributed by atoms with Gasteiger partial charge in [0.1, 0.15) is 5.75 Å². The third-order valence-corrected chi connectivity index (χ3v) is 6.35. The molecular formula is C15H10ClNO3S2. The third-order valence-electron chi connectivity index (χ3n) is 3.01. The maximum atomic E-state index is 12.4. The van der Waals surface area contributed by atoms with E-state index in [2.05, 4.69) is 4.98 Å². The van der Waals surface area contributed by atoms with Crippen LogP contribution in [0.1, 0.15) is 10.4 Å². The Balaban J connectivity index is 1.91. The third kappa shape index (κ3) is 3.04. The second-order valence-corrected chi connectivity index (χ2v) is 8.27. The maximum Gasteiger partial charge on any atom is 0.212 e. The van der Waals surface area contributed by atoms with Crippen LogP contribution in [-0.2, 0) is 9.84 Å². The highest BCUT2D eigenvalue weighted by atomic mass is 35.5. The number of hydrogen-bond donors (Lipinski definition) is 0. The number of benzene rings is 2. The summed E-state index contributed by atoms with van der Waals surface area (Å²) in [7, 11) is -3.77. The maximum absolute atomic E-state index is 12.4. The fourth-order valence-corrected chi connectivity index (χ4v) is 4.68. The van der Waals surface area contributed by atoms with Gasteiger partial charge < -0.3 is 0 Å². The molecule has 7 heteroatoms. The smallest absolute Gasteiger partial charge is 0.212 e. The minimum atomic E-state index is -3.77. The average Bonchev–Trinajstić information content (AvgIpc) is 2.91. The summed E-state index contributed by atoms with van der Waals surface area (Å²) >= 11 is 6.89. The Labute approximate surface area is 136 Å². The molecular weight excluding hydrogens is 342 g/mol. The molecule has 3 aromatic rings. The zero-order valence-corrected chi connectivity index (χ0v) is 13.6.